The van der Waals surface area contributed by atoms with Gasteiger partial charge in [-0.15, -0.1) is 0 Å². The van der Waals surface area contributed by atoms with Gasteiger partial charge in [0.2, 0.25) is 0 Å². The van der Waals surface area contributed by atoms with Gasteiger partial charge in [0.25, 0.3) is 0 Å². The quantitative estimate of drug-likeness (QED) is 0.725. The van der Waals surface area contributed by atoms with Crippen molar-refractivity contribution in [2.45, 2.75) is 26.8 Å². The van der Waals surface area contributed by atoms with Crippen LogP contribution in [0.5, 0.6) is 0 Å². The topological polar surface area (TPSA) is 37.0 Å². The maximum Gasteiger partial charge on any atom is 0.0542 e. The number of aromatic nitrogens is 1. The second-order valence-corrected chi connectivity index (χ2v) is 5.51. The first-order chi connectivity index (χ1) is 8.18. The van der Waals surface area contributed by atoms with Crippen molar-refractivity contribution >= 4 is 15.9 Å². The van der Waals surface area contributed by atoms with E-state index in [1.807, 2.05) is 18.3 Å². The van der Waals surface area contributed by atoms with E-state index in [0.29, 0.717) is 0 Å². The number of nitrogens with one attached hydrogen (secondary N) is 2. The zero-order chi connectivity index (χ0) is 12.5. The van der Waals surface area contributed by atoms with Gasteiger partial charge in [0, 0.05) is 17.2 Å². The standard InChI is InChI=1S/C13H22BrN3/c1-11(2)8-15-6-3-7-16-10-13-5-4-12(14)9-17-13/h4-5,9,11,15-16H,3,6-8,10H2,1-2H3. The molecule has 0 aliphatic carbocycles. The SMILES string of the molecule is CC(C)CNCCCNCc1ccc(Br)cn1. The van der Waals surface area contributed by atoms with Crippen LogP contribution in [0, 0.1) is 5.92 Å². The van der Waals surface area contributed by atoms with Gasteiger partial charge in [-0.2, -0.15) is 0 Å². The van der Waals surface area contributed by atoms with Crippen LogP contribution in [-0.2, 0) is 6.54 Å². The minimum Gasteiger partial charge on any atom is -0.316 e. The van der Waals surface area contributed by atoms with Gasteiger partial charge in [-0.1, -0.05) is 13.8 Å². The van der Waals surface area contributed by atoms with Crippen LogP contribution >= 0.6 is 15.9 Å². The highest BCUT2D eigenvalue weighted by Crippen LogP contribution is 2.06. The van der Waals surface area contributed by atoms with Gasteiger partial charge in [-0.25, -0.2) is 0 Å². The van der Waals surface area contributed by atoms with Gasteiger partial charge in [0.15, 0.2) is 0 Å². The molecule has 0 radical (unpaired) electrons. The molecule has 96 valence electrons. The second-order valence-electron chi connectivity index (χ2n) is 4.60. The monoisotopic (exact) mass is 299 g/mol. The Bertz CT molecular complexity index is 298. The Balaban J connectivity index is 1.99. The minimum absolute atomic E-state index is 0.731. The molecule has 0 amide bonds. The average molecular weight is 300 g/mol. The third-order valence-electron chi connectivity index (χ3n) is 2.35. The van der Waals surface area contributed by atoms with Crippen molar-refractivity contribution in [3.05, 3.63) is 28.5 Å². The molecule has 0 fully saturated rings. The van der Waals surface area contributed by atoms with Crippen LogP contribution in [0.15, 0.2) is 22.8 Å². The van der Waals surface area contributed by atoms with E-state index in [0.717, 1.165) is 48.7 Å². The molecule has 2 N–H and O–H groups in total. The largest absolute Gasteiger partial charge is 0.316 e. The average Bonchev–Trinajstić information content (AvgIpc) is 2.30. The van der Waals surface area contributed by atoms with Crippen LogP contribution in [0.2, 0.25) is 0 Å². The summed E-state index contributed by atoms with van der Waals surface area (Å²) in [6, 6.07) is 4.06. The van der Waals surface area contributed by atoms with Crippen molar-refractivity contribution in [2.24, 2.45) is 5.92 Å². The zero-order valence-electron chi connectivity index (χ0n) is 10.7. The smallest absolute Gasteiger partial charge is 0.0542 e. The molecule has 0 spiro atoms. The molecule has 1 heterocycles. The Morgan fingerprint density at radius 1 is 1.24 bits per heavy atom. The highest BCUT2D eigenvalue weighted by atomic mass is 79.9. The van der Waals surface area contributed by atoms with E-state index in [-0.39, 0.29) is 0 Å². The summed E-state index contributed by atoms with van der Waals surface area (Å²) in [6.45, 7) is 8.52. The van der Waals surface area contributed by atoms with Crippen molar-refractivity contribution in [3.63, 3.8) is 0 Å². The lowest BCUT2D eigenvalue weighted by Gasteiger charge is -2.08. The van der Waals surface area contributed by atoms with E-state index in [9.17, 15) is 0 Å². The predicted octanol–water partition coefficient (Wildman–Crippen LogP) is 2.57. The number of hydrogen-bond acceptors (Lipinski definition) is 3. The molecule has 3 nitrogen and oxygen atoms in total. The lowest BCUT2D eigenvalue weighted by molar-refractivity contribution is 0.529. The van der Waals surface area contributed by atoms with Gasteiger partial charge in [-0.05, 0) is 60.0 Å². The maximum atomic E-state index is 4.31. The molecular formula is C13H22BrN3. The molecule has 1 aromatic heterocycles. The molecule has 0 aromatic carbocycles. The van der Waals surface area contributed by atoms with Gasteiger partial charge in [0.05, 0.1) is 5.69 Å². The summed E-state index contributed by atoms with van der Waals surface area (Å²) in [5.74, 6) is 0.731. The molecule has 0 unspecified atom stereocenters. The normalized spacial score (nSPS) is 11.1. The fourth-order valence-corrected chi connectivity index (χ4v) is 1.69. The lowest BCUT2D eigenvalue weighted by Crippen LogP contribution is -2.24. The molecule has 0 aliphatic rings. The molecule has 0 bridgehead atoms. The first-order valence-corrected chi connectivity index (χ1v) is 6.99. The molecule has 0 saturated heterocycles. The first-order valence-electron chi connectivity index (χ1n) is 6.20. The van der Waals surface area contributed by atoms with E-state index >= 15 is 0 Å². The summed E-state index contributed by atoms with van der Waals surface area (Å²) in [5, 5.41) is 6.82. The number of halogens is 1. The Hall–Kier alpha value is -0.450. The third kappa shape index (κ3) is 7.47. The van der Waals surface area contributed by atoms with E-state index < -0.39 is 0 Å². The maximum absolute atomic E-state index is 4.31. The van der Waals surface area contributed by atoms with Crippen LogP contribution < -0.4 is 10.6 Å². The van der Waals surface area contributed by atoms with E-state index in [1.54, 1.807) is 0 Å². The molecule has 1 aromatic rings. The number of hydrogen-bond donors (Lipinski definition) is 2. The summed E-state index contributed by atoms with van der Waals surface area (Å²) in [4.78, 5) is 4.31. The summed E-state index contributed by atoms with van der Waals surface area (Å²) >= 11 is 3.38. The lowest BCUT2D eigenvalue weighted by atomic mass is 10.2. The Labute approximate surface area is 113 Å². The Morgan fingerprint density at radius 3 is 2.65 bits per heavy atom. The number of rotatable bonds is 8. The van der Waals surface area contributed by atoms with Crippen LogP contribution in [0.4, 0.5) is 0 Å². The molecular weight excluding hydrogens is 278 g/mol. The Morgan fingerprint density at radius 2 is 2.00 bits per heavy atom. The van der Waals surface area contributed by atoms with Crippen LogP contribution in [0.3, 0.4) is 0 Å². The van der Waals surface area contributed by atoms with Crippen LogP contribution in [0.25, 0.3) is 0 Å². The fraction of sp³-hybridized carbons (Fsp3) is 0.615. The molecule has 0 saturated carbocycles. The fourth-order valence-electron chi connectivity index (χ4n) is 1.46. The van der Waals surface area contributed by atoms with Crippen LogP contribution in [0.1, 0.15) is 26.0 Å². The van der Waals surface area contributed by atoms with Gasteiger partial charge in [0.1, 0.15) is 0 Å². The molecule has 0 aliphatic heterocycles. The molecule has 0 atom stereocenters. The molecule has 4 heteroatoms. The van der Waals surface area contributed by atoms with Gasteiger partial charge >= 0.3 is 0 Å². The van der Waals surface area contributed by atoms with E-state index in [1.165, 1.54) is 0 Å². The van der Waals surface area contributed by atoms with Crippen molar-refractivity contribution in [1.29, 1.82) is 0 Å². The Kier molecular flexibility index (Phi) is 7.40. The van der Waals surface area contributed by atoms with Crippen LogP contribution in [-0.4, -0.2) is 24.6 Å². The summed E-state index contributed by atoms with van der Waals surface area (Å²) < 4.78 is 1.03. The minimum atomic E-state index is 0.731. The third-order valence-corrected chi connectivity index (χ3v) is 2.82. The predicted molar refractivity (Wildman–Crippen MR) is 76.0 cm³/mol. The zero-order valence-corrected chi connectivity index (χ0v) is 12.3. The number of pyridine rings is 1. The molecule has 1 rings (SSSR count). The van der Waals surface area contributed by atoms with Crippen molar-refractivity contribution < 1.29 is 0 Å². The first kappa shape index (κ1) is 14.6. The number of nitrogens with zero attached hydrogens (tertiary/aromatic N) is 1. The van der Waals surface area contributed by atoms with E-state index in [2.05, 4.69) is 45.4 Å². The summed E-state index contributed by atoms with van der Waals surface area (Å²) in [7, 11) is 0. The summed E-state index contributed by atoms with van der Waals surface area (Å²) in [6.07, 6.45) is 2.99. The highest BCUT2D eigenvalue weighted by molar-refractivity contribution is 9.10. The molecule has 17 heavy (non-hydrogen) atoms. The van der Waals surface area contributed by atoms with Gasteiger partial charge in [-0.3, -0.25) is 4.98 Å². The summed E-state index contributed by atoms with van der Waals surface area (Å²) in [5.41, 5.74) is 1.09. The highest BCUT2D eigenvalue weighted by Gasteiger charge is 1.95. The second kappa shape index (κ2) is 8.61. The van der Waals surface area contributed by atoms with Crippen molar-refractivity contribution in [1.82, 2.24) is 15.6 Å². The van der Waals surface area contributed by atoms with Crippen molar-refractivity contribution in [2.75, 3.05) is 19.6 Å². The van der Waals surface area contributed by atoms with Gasteiger partial charge < -0.3 is 10.6 Å². The van der Waals surface area contributed by atoms with Crippen molar-refractivity contribution in [3.8, 4) is 0 Å². The van der Waals surface area contributed by atoms with E-state index in [4.69, 9.17) is 0 Å².